The number of aromatic nitrogens is 2. The number of rotatable bonds is 6. The second-order valence-electron chi connectivity index (χ2n) is 6.21. The number of fused-ring (bicyclic) bond motifs is 1. The fourth-order valence-electron chi connectivity index (χ4n) is 2.85. The average molecular weight is 351 g/mol. The smallest absolute Gasteiger partial charge is 0.326 e. The van der Waals surface area contributed by atoms with Crippen molar-refractivity contribution in [1.82, 2.24) is 9.55 Å². The Hall–Kier alpha value is -3.15. The topological polar surface area (TPSA) is 64.4 Å². The molecular formula is C20H21N3O3. The first-order valence-corrected chi connectivity index (χ1v) is 8.49. The first kappa shape index (κ1) is 17.7. The Labute approximate surface area is 152 Å². The van der Waals surface area contributed by atoms with Crippen molar-refractivity contribution in [3.05, 3.63) is 60.9 Å². The van der Waals surface area contributed by atoms with Crippen molar-refractivity contribution < 1.29 is 14.3 Å². The summed E-state index contributed by atoms with van der Waals surface area (Å²) in [6.45, 7) is 3.56. The molecule has 1 heterocycles. The maximum Gasteiger partial charge on any atom is 0.326 e. The SMILES string of the molecule is CC(C)N(C(=O)COC(=O)Cn1cnc2ccccc21)c1ccccc1. The molecule has 0 aliphatic heterocycles. The van der Waals surface area contributed by atoms with E-state index in [0.717, 1.165) is 16.7 Å². The van der Waals surface area contributed by atoms with Crippen LogP contribution in [0.1, 0.15) is 13.8 Å². The number of hydrogen-bond acceptors (Lipinski definition) is 4. The summed E-state index contributed by atoms with van der Waals surface area (Å²) in [7, 11) is 0. The van der Waals surface area contributed by atoms with Gasteiger partial charge in [0.15, 0.2) is 6.61 Å². The van der Waals surface area contributed by atoms with Gasteiger partial charge in [0, 0.05) is 11.7 Å². The lowest BCUT2D eigenvalue weighted by molar-refractivity contribution is -0.148. The summed E-state index contributed by atoms with van der Waals surface area (Å²) in [6, 6.07) is 16.8. The van der Waals surface area contributed by atoms with E-state index in [9.17, 15) is 9.59 Å². The third-order valence-electron chi connectivity index (χ3n) is 4.00. The van der Waals surface area contributed by atoms with Gasteiger partial charge in [-0.1, -0.05) is 30.3 Å². The molecular weight excluding hydrogens is 330 g/mol. The summed E-state index contributed by atoms with van der Waals surface area (Å²) in [5, 5.41) is 0. The molecule has 6 nitrogen and oxygen atoms in total. The van der Waals surface area contributed by atoms with Crippen molar-refractivity contribution in [2.75, 3.05) is 11.5 Å². The molecule has 2 aromatic carbocycles. The standard InChI is InChI=1S/C20H21N3O3/c1-15(2)23(16-8-4-3-5-9-16)19(24)13-26-20(25)12-22-14-21-17-10-6-7-11-18(17)22/h3-11,14-15H,12-13H2,1-2H3. The predicted molar refractivity (Wildman–Crippen MR) is 99.8 cm³/mol. The van der Waals surface area contributed by atoms with E-state index < -0.39 is 5.97 Å². The fraction of sp³-hybridized carbons (Fsp3) is 0.250. The van der Waals surface area contributed by atoms with Gasteiger partial charge in [0.1, 0.15) is 6.54 Å². The zero-order chi connectivity index (χ0) is 18.5. The second-order valence-corrected chi connectivity index (χ2v) is 6.21. The van der Waals surface area contributed by atoms with Gasteiger partial charge in [0.25, 0.3) is 5.91 Å². The lowest BCUT2D eigenvalue weighted by Crippen LogP contribution is -2.40. The number of esters is 1. The molecule has 0 spiro atoms. The van der Waals surface area contributed by atoms with Crippen LogP contribution >= 0.6 is 0 Å². The number of hydrogen-bond donors (Lipinski definition) is 0. The molecule has 0 unspecified atom stereocenters. The molecule has 0 fully saturated rings. The molecule has 0 saturated carbocycles. The summed E-state index contributed by atoms with van der Waals surface area (Å²) < 4.78 is 6.91. The van der Waals surface area contributed by atoms with Crippen molar-refractivity contribution in [2.45, 2.75) is 26.4 Å². The molecule has 6 heteroatoms. The highest BCUT2D eigenvalue weighted by atomic mass is 16.5. The van der Waals surface area contributed by atoms with Crippen molar-refractivity contribution in [1.29, 1.82) is 0 Å². The van der Waals surface area contributed by atoms with Gasteiger partial charge in [0.2, 0.25) is 0 Å². The van der Waals surface area contributed by atoms with Crippen LogP contribution in [-0.2, 0) is 20.9 Å². The molecule has 3 aromatic rings. The van der Waals surface area contributed by atoms with E-state index in [1.54, 1.807) is 15.8 Å². The maximum absolute atomic E-state index is 12.5. The van der Waals surface area contributed by atoms with Gasteiger partial charge < -0.3 is 14.2 Å². The van der Waals surface area contributed by atoms with Crippen molar-refractivity contribution in [3.8, 4) is 0 Å². The molecule has 0 radical (unpaired) electrons. The van der Waals surface area contributed by atoms with E-state index in [1.165, 1.54) is 0 Å². The van der Waals surface area contributed by atoms with E-state index in [1.807, 2.05) is 68.4 Å². The Morgan fingerprint density at radius 2 is 1.77 bits per heavy atom. The van der Waals surface area contributed by atoms with Crippen LogP contribution in [0.5, 0.6) is 0 Å². The number of amides is 1. The lowest BCUT2D eigenvalue weighted by atomic mass is 10.2. The monoisotopic (exact) mass is 351 g/mol. The molecule has 0 aliphatic carbocycles. The highest BCUT2D eigenvalue weighted by Crippen LogP contribution is 2.17. The molecule has 0 aliphatic rings. The molecule has 0 N–H and O–H groups in total. The summed E-state index contributed by atoms with van der Waals surface area (Å²) in [5.74, 6) is -0.728. The Morgan fingerprint density at radius 1 is 1.08 bits per heavy atom. The summed E-state index contributed by atoms with van der Waals surface area (Å²) in [5.41, 5.74) is 2.44. The van der Waals surface area contributed by atoms with Gasteiger partial charge in [-0.25, -0.2) is 4.98 Å². The molecule has 1 amide bonds. The molecule has 26 heavy (non-hydrogen) atoms. The van der Waals surface area contributed by atoms with Crippen LogP contribution in [0.3, 0.4) is 0 Å². The molecule has 1 aromatic heterocycles. The Balaban J connectivity index is 1.62. The largest absolute Gasteiger partial charge is 0.454 e. The first-order chi connectivity index (χ1) is 12.6. The van der Waals surface area contributed by atoms with Crippen LogP contribution in [0.25, 0.3) is 11.0 Å². The molecule has 0 bridgehead atoms. The normalized spacial score (nSPS) is 10.9. The van der Waals surface area contributed by atoms with E-state index in [4.69, 9.17) is 4.74 Å². The second kappa shape index (κ2) is 7.82. The number of ether oxygens (including phenoxy) is 1. The number of benzene rings is 2. The van der Waals surface area contributed by atoms with E-state index in [2.05, 4.69) is 4.98 Å². The number of carbonyl (C=O) groups is 2. The van der Waals surface area contributed by atoms with Crippen LogP contribution in [0.2, 0.25) is 0 Å². The van der Waals surface area contributed by atoms with Crippen LogP contribution in [0.15, 0.2) is 60.9 Å². The van der Waals surface area contributed by atoms with Gasteiger partial charge in [-0.3, -0.25) is 9.59 Å². The summed E-state index contributed by atoms with van der Waals surface area (Å²) in [6.07, 6.45) is 1.60. The quantitative estimate of drug-likeness (QED) is 0.641. The number of imidazole rings is 1. The fourth-order valence-corrected chi connectivity index (χ4v) is 2.85. The van der Waals surface area contributed by atoms with Gasteiger partial charge in [-0.2, -0.15) is 0 Å². The highest BCUT2D eigenvalue weighted by molar-refractivity contribution is 5.95. The predicted octanol–water partition coefficient (Wildman–Crippen LogP) is 3.02. The molecule has 0 saturated heterocycles. The van der Waals surface area contributed by atoms with Gasteiger partial charge >= 0.3 is 5.97 Å². The van der Waals surface area contributed by atoms with Crippen LogP contribution in [0.4, 0.5) is 5.69 Å². The number of carbonyl (C=O) groups excluding carboxylic acids is 2. The van der Waals surface area contributed by atoms with E-state index >= 15 is 0 Å². The number of anilines is 1. The Kier molecular flexibility index (Phi) is 5.31. The van der Waals surface area contributed by atoms with Crippen LogP contribution in [-0.4, -0.2) is 34.1 Å². The zero-order valence-electron chi connectivity index (χ0n) is 14.8. The van der Waals surface area contributed by atoms with Crippen LogP contribution in [0, 0.1) is 0 Å². The van der Waals surface area contributed by atoms with Crippen molar-refractivity contribution in [3.63, 3.8) is 0 Å². The minimum Gasteiger partial charge on any atom is -0.454 e. The minimum atomic E-state index is -0.474. The van der Waals surface area contributed by atoms with Gasteiger partial charge in [-0.15, -0.1) is 0 Å². The van der Waals surface area contributed by atoms with Crippen molar-refractivity contribution in [2.24, 2.45) is 0 Å². The molecule has 134 valence electrons. The van der Waals surface area contributed by atoms with Gasteiger partial charge in [-0.05, 0) is 38.1 Å². The third kappa shape index (κ3) is 3.91. The lowest BCUT2D eigenvalue weighted by Gasteiger charge is -2.26. The summed E-state index contributed by atoms with van der Waals surface area (Å²) >= 11 is 0. The van der Waals surface area contributed by atoms with Crippen LogP contribution < -0.4 is 4.90 Å². The van der Waals surface area contributed by atoms with E-state index in [0.29, 0.717) is 0 Å². The minimum absolute atomic E-state index is 0.0147. The first-order valence-electron chi connectivity index (χ1n) is 8.49. The average Bonchev–Trinajstić information content (AvgIpc) is 3.04. The Bertz CT molecular complexity index is 903. The zero-order valence-corrected chi connectivity index (χ0v) is 14.8. The third-order valence-corrected chi connectivity index (χ3v) is 4.00. The Morgan fingerprint density at radius 3 is 2.50 bits per heavy atom. The number of nitrogens with zero attached hydrogens (tertiary/aromatic N) is 3. The highest BCUT2D eigenvalue weighted by Gasteiger charge is 2.20. The number of para-hydroxylation sites is 3. The molecule has 0 atom stereocenters. The maximum atomic E-state index is 12.5. The summed E-state index contributed by atoms with van der Waals surface area (Å²) in [4.78, 5) is 30.5. The van der Waals surface area contributed by atoms with E-state index in [-0.39, 0.29) is 25.1 Å². The molecule has 3 rings (SSSR count). The van der Waals surface area contributed by atoms with Crippen molar-refractivity contribution >= 4 is 28.6 Å². The van der Waals surface area contributed by atoms with Gasteiger partial charge in [0.05, 0.1) is 17.4 Å².